The van der Waals surface area contributed by atoms with Crippen molar-refractivity contribution < 1.29 is 5.11 Å². The number of aromatic amines is 1. The number of H-pyrrole nitrogens is 1. The monoisotopic (exact) mass is 309 g/mol. The molecular formula is C15H20ClN3O2. The largest absolute Gasteiger partial charge is 0.396 e. The Morgan fingerprint density at radius 1 is 1.43 bits per heavy atom. The summed E-state index contributed by atoms with van der Waals surface area (Å²) >= 11 is 5.90. The van der Waals surface area contributed by atoms with E-state index >= 15 is 0 Å². The van der Waals surface area contributed by atoms with Crippen molar-refractivity contribution in [3.8, 4) is 0 Å². The Balaban J connectivity index is 2.29. The number of nitrogens with zero attached hydrogens (tertiary/aromatic N) is 2. The van der Waals surface area contributed by atoms with E-state index in [0.717, 1.165) is 6.54 Å². The summed E-state index contributed by atoms with van der Waals surface area (Å²) in [7, 11) is 0. The van der Waals surface area contributed by atoms with Crippen LogP contribution in [-0.2, 0) is 6.54 Å². The summed E-state index contributed by atoms with van der Waals surface area (Å²) in [6, 6.07) is 5.41. The zero-order chi connectivity index (χ0) is 15.4. The van der Waals surface area contributed by atoms with Crippen molar-refractivity contribution in [2.75, 3.05) is 13.2 Å². The van der Waals surface area contributed by atoms with Gasteiger partial charge < -0.3 is 10.1 Å². The third-order valence-corrected chi connectivity index (χ3v) is 3.64. The van der Waals surface area contributed by atoms with Gasteiger partial charge in [0.2, 0.25) is 0 Å². The molecule has 0 aliphatic heterocycles. The normalized spacial score (nSPS) is 11.7. The highest BCUT2D eigenvalue weighted by atomic mass is 35.5. The zero-order valence-corrected chi connectivity index (χ0v) is 13.0. The molecule has 0 saturated carbocycles. The Morgan fingerprint density at radius 3 is 2.86 bits per heavy atom. The van der Waals surface area contributed by atoms with Gasteiger partial charge in [0.1, 0.15) is 5.82 Å². The number of hydrogen-bond acceptors (Lipinski definition) is 4. The quantitative estimate of drug-likeness (QED) is 0.858. The second kappa shape index (κ2) is 7.02. The molecule has 5 nitrogen and oxygen atoms in total. The van der Waals surface area contributed by atoms with E-state index in [9.17, 15) is 4.79 Å². The number of aromatic nitrogens is 2. The lowest BCUT2D eigenvalue weighted by Crippen LogP contribution is -2.33. The molecule has 0 bridgehead atoms. The van der Waals surface area contributed by atoms with Crippen LogP contribution in [0.4, 0.5) is 0 Å². The number of fused-ring (bicyclic) bond motifs is 1. The molecule has 0 spiro atoms. The lowest BCUT2D eigenvalue weighted by molar-refractivity contribution is 0.181. The Hall–Kier alpha value is -1.43. The zero-order valence-electron chi connectivity index (χ0n) is 12.3. The van der Waals surface area contributed by atoms with E-state index in [1.54, 1.807) is 18.2 Å². The Labute approximate surface area is 128 Å². The maximum absolute atomic E-state index is 12.1. The molecule has 0 aliphatic rings. The van der Waals surface area contributed by atoms with Crippen LogP contribution in [-0.4, -0.2) is 39.2 Å². The van der Waals surface area contributed by atoms with Crippen molar-refractivity contribution in [2.24, 2.45) is 0 Å². The SMILES string of the molecule is CC(C)N(CCCO)Cc1nc2ccc(Cl)cc2c(=O)[nH]1. The van der Waals surface area contributed by atoms with Gasteiger partial charge in [0.15, 0.2) is 0 Å². The molecule has 0 amide bonds. The molecule has 21 heavy (non-hydrogen) atoms. The minimum atomic E-state index is -0.177. The standard InChI is InChI=1S/C15H20ClN3O2/c1-10(2)19(6-3-7-20)9-14-17-13-5-4-11(16)8-12(13)15(21)18-14/h4-5,8,10,20H,3,6-7,9H2,1-2H3,(H,17,18,21). The predicted molar refractivity (Wildman–Crippen MR) is 84.6 cm³/mol. The van der Waals surface area contributed by atoms with Gasteiger partial charge in [-0.1, -0.05) is 11.6 Å². The first-order chi connectivity index (χ1) is 10.0. The Kier molecular flexibility index (Phi) is 5.33. The van der Waals surface area contributed by atoms with E-state index < -0.39 is 0 Å². The molecule has 0 atom stereocenters. The van der Waals surface area contributed by atoms with Crippen LogP contribution < -0.4 is 5.56 Å². The fraction of sp³-hybridized carbons (Fsp3) is 0.467. The van der Waals surface area contributed by atoms with Crippen molar-refractivity contribution in [1.82, 2.24) is 14.9 Å². The van der Waals surface area contributed by atoms with E-state index in [1.165, 1.54) is 0 Å². The molecule has 1 aromatic carbocycles. The molecule has 0 fully saturated rings. The first kappa shape index (κ1) is 15.9. The second-order valence-electron chi connectivity index (χ2n) is 5.32. The lowest BCUT2D eigenvalue weighted by Gasteiger charge is -2.25. The van der Waals surface area contributed by atoms with Crippen LogP contribution in [0.3, 0.4) is 0 Å². The van der Waals surface area contributed by atoms with Gasteiger partial charge in [-0.15, -0.1) is 0 Å². The molecule has 0 aliphatic carbocycles. The molecule has 0 saturated heterocycles. The number of aliphatic hydroxyl groups excluding tert-OH is 1. The van der Waals surface area contributed by atoms with Gasteiger partial charge in [0, 0.05) is 24.2 Å². The van der Waals surface area contributed by atoms with Crippen molar-refractivity contribution in [1.29, 1.82) is 0 Å². The van der Waals surface area contributed by atoms with Crippen LogP contribution >= 0.6 is 11.6 Å². The molecule has 0 radical (unpaired) electrons. The van der Waals surface area contributed by atoms with Crippen LogP contribution in [0.5, 0.6) is 0 Å². The number of nitrogens with one attached hydrogen (secondary N) is 1. The molecule has 1 heterocycles. The summed E-state index contributed by atoms with van der Waals surface area (Å²) in [5, 5.41) is 9.98. The average molecular weight is 310 g/mol. The van der Waals surface area contributed by atoms with Gasteiger partial charge in [-0.25, -0.2) is 4.98 Å². The number of benzene rings is 1. The smallest absolute Gasteiger partial charge is 0.258 e. The Bertz CT molecular complexity index is 670. The first-order valence-electron chi connectivity index (χ1n) is 7.04. The van der Waals surface area contributed by atoms with Crippen molar-refractivity contribution in [2.45, 2.75) is 32.9 Å². The highest BCUT2D eigenvalue weighted by Gasteiger charge is 2.12. The van der Waals surface area contributed by atoms with Gasteiger partial charge in [0.05, 0.1) is 17.4 Å². The number of rotatable bonds is 6. The maximum atomic E-state index is 12.1. The van der Waals surface area contributed by atoms with E-state index in [0.29, 0.717) is 40.8 Å². The minimum absolute atomic E-state index is 0.156. The minimum Gasteiger partial charge on any atom is -0.396 e. The van der Waals surface area contributed by atoms with Crippen LogP contribution in [0.15, 0.2) is 23.0 Å². The summed E-state index contributed by atoms with van der Waals surface area (Å²) in [6.07, 6.45) is 0.700. The number of halogens is 1. The Morgan fingerprint density at radius 2 is 2.19 bits per heavy atom. The molecule has 1 aromatic heterocycles. The van der Waals surface area contributed by atoms with E-state index in [1.807, 2.05) is 0 Å². The molecule has 0 unspecified atom stereocenters. The van der Waals surface area contributed by atoms with Crippen LogP contribution in [0, 0.1) is 0 Å². The summed E-state index contributed by atoms with van der Waals surface area (Å²) in [5.41, 5.74) is 0.465. The fourth-order valence-corrected chi connectivity index (χ4v) is 2.39. The van der Waals surface area contributed by atoms with Gasteiger partial charge in [-0.3, -0.25) is 9.69 Å². The fourth-order valence-electron chi connectivity index (χ4n) is 2.22. The summed E-state index contributed by atoms with van der Waals surface area (Å²) in [5.74, 6) is 0.626. The van der Waals surface area contributed by atoms with E-state index in [-0.39, 0.29) is 12.2 Å². The van der Waals surface area contributed by atoms with Gasteiger partial charge >= 0.3 is 0 Å². The number of hydrogen-bond donors (Lipinski definition) is 2. The third kappa shape index (κ3) is 4.03. The number of aliphatic hydroxyl groups is 1. The molecule has 2 rings (SSSR count). The molecule has 114 valence electrons. The topological polar surface area (TPSA) is 69.2 Å². The highest BCUT2D eigenvalue weighted by Crippen LogP contribution is 2.15. The second-order valence-corrected chi connectivity index (χ2v) is 5.75. The maximum Gasteiger partial charge on any atom is 0.258 e. The van der Waals surface area contributed by atoms with Crippen LogP contribution in [0.2, 0.25) is 5.02 Å². The van der Waals surface area contributed by atoms with Crippen molar-refractivity contribution in [3.63, 3.8) is 0 Å². The predicted octanol–water partition coefficient (Wildman–Crippen LogP) is 2.17. The first-order valence-corrected chi connectivity index (χ1v) is 7.42. The molecular weight excluding hydrogens is 290 g/mol. The highest BCUT2D eigenvalue weighted by molar-refractivity contribution is 6.31. The lowest BCUT2D eigenvalue weighted by atomic mass is 10.2. The summed E-state index contributed by atoms with van der Waals surface area (Å²) in [4.78, 5) is 21.6. The summed E-state index contributed by atoms with van der Waals surface area (Å²) < 4.78 is 0. The summed E-state index contributed by atoms with van der Waals surface area (Å²) in [6.45, 7) is 5.62. The van der Waals surface area contributed by atoms with Gasteiger partial charge in [-0.05, 0) is 38.5 Å². The molecule has 6 heteroatoms. The van der Waals surface area contributed by atoms with Gasteiger partial charge in [-0.2, -0.15) is 0 Å². The van der Waals surface area contributed by atoms with Crippen molar-refractivity contribution in [3.05, 3.63) is 39.4 Å². The molecule has 2 aromatic rings. The molecule has 2 N–H and O–H groups in total. The van der Waals surface area contributed by atoms with E-state index in [2.05, 4.69) is 28.7 Å². The average Bonchev–Trinajstić information content (AvgIpc) is 2.44. The van der Waals surface area contributed by atoms with E-state index in [4.69, 9.17) is 16.7 Å². The van der Waals surface area contributed by atoms with Crippen LogP contribution in [0.1, 0.15) is 26.1 Å². The van der Waals surface area contributed by atoms with Crippen LogP contribution in [0.25, 0.3) is 10.9 Å². The van der Waals surface area contributed by atoms with Gasteiger partial charge in [0.25, 0.3) is 5.56 Å². The third-order valence-electron chi connectivity index (χ3n) is 3.40. The van der Waals surface area contributed by atoms with Crippen molar-refractivity contribution >= 4 is 22.5 Å².